The van der Waals surface area contributed by atoms with Crippen molar-refractivity contribution in [1.29, 1.82) is 0 Å². The summed E-state index contributed by atoms with van der Waals surface area (Å²) < 4.78 is 11.6. The van der Waals surface area contributed by atoms with Crippen molar-refractivity contribution in [3.63, 3.8) is 0 Å². The van der Waals surface area contributed by atoms with E-state index < -0.39 is 5.60 Å². The summed E-state index contributed by atoms with van der Waals surface area (Å²) in [5, 5.41) is 0. The molecule has 1 amide bonds. The van der Waals surface area contributed by atoms with Crippen LogP contribution in [0.4, 0.5) is 4.79 Å². The molecule has 1 aliphatic heterocycles. The molecule has 0 bridgehead atoms. The van der Waals surface area contributed by atoms with Crippen molar-refractivity contribution in [2.75, 3.05) is 13.1 Å². The number of likely N-dealkylation sites (tertiary alicyclic amines) is 1. The molecular formula is C20H32N2O3. The van der Waals surface area contributed by atoms with Crippen molar-refractivity contribution < 1.29 is 14.3 Å². The van der Waals surface area contributed by atoms with Crippen LogP contribution < -0.4 is 0 Å². The molecule has 1 aliphatic rings. The predicted octanol–water partition coefficient (Wildman–Crippen LogP) is 4.43. The predicted molar refractivity (Wildman–Crippen MR) is 98.7 cm³/mol. The number of aromatic nitrogens is 1. The molecule has 5 nitrogen and oxygen atoms in total. The normalized spacial score (nSPS) is 18.5. The van der Waals surface area contributed by atoms with Crippen LogP contribution in [0.5, 0.6) is 0 Å². The lowest BCUT2D eigenvalue weighted by molar-refractivity contribution is -0.0267. The number of aryl methyl sites for hydroxylation is 1. The number of piperidine rings is 1. The number of pyridine rings is 1. The second-order valence-electron chi connectivity index (χ2n) is 8.16. The van der Waals surface area contributed by atoms with Crippen molar-refractivity contribution in [2.45, 2.75) is 78.6 Å². The van der Waals surface area contributed by atoms with Gasteiger partial charge in [-0.1, -0.05) is 19.9 Å². The molecular weight excluding hydrogens is 316 g/mol. The minimum Gasteiger partial charge on any atom is -0.444 e. The Morgan fingerprint density at radius 1 is 1.36 bits per heavy atom. The molecule has 1 atom stereocenters. The maximum absolute atomic E-state index is 12.2. The van der Waals surface area contributed by atoms with E-state index in [1.54, 1.807) is 4.90 Å². The van der Waals surface area contributed by atoms with E-state index in [9.17, 15) is 4.79 Å². The maximum Gasteiger partial charge on any atom is 0.410 e. The summed E-state index contributed by atoms with van der Waals surface area (Å²) in [5.41, 5.74) is 2.75. The SMILES string of the molecule is Cc1ccc(C(C)C)nc1CO[C@H]1CCCN(C(=O)OC(C)(C)C)C1. The summed E-state index contributed by atoms with van der Waals surface area (Å²) in [7, 11) is 0. The molecule has 2 rings (SSSR count). The molecule has 0 spiro atoms. The molecule has 0 aliphatic carbocycles. The van der Waals surface area contributed by atoms with Crippen molar-refractivity contribution in [1.82, 2.24) is 9.88 Å². The van der Waals surface area contributed by atoms with Gasteiger partial charge < -0.3 is 14.4 Å². The van der Waals surface area contributed by atoms with Gasteiger partial charge in [0.25, 0.3) is 0 Å². The molecule has 1 fully saturated rings. The van der Waals surface area contributed by atoms with Gasteiger partial charge in [-0.3, -0.25) is 4.98 Å². The van der Waals surface area contributed by atoms with Crippen LogP contribution in [0.3, 0.4) is 0 Å². The van der Waals surface area contributed by atoms with E-state index in [0.29, 0.717) is 19.1 Å². The molecule has 0 aromatic carbocycles. The molecule has 0 unspecified atom stereocenters. The molecule has 25 heavy (non-hydrogen) atoms. The average Bonchev–Trinajstić information content (AvgIpc) is 2.52. The number of rotatable bonds is 4. The summed E-state index contributed by atoms with van der Waals surface area (Å²) in [5.74, 6) is 0.400. The van der Waals surface area contributed by atoms with Gasteiger partial charge in [0.1, 0.15) is 5.60 Å². The highest BCUT2D eigenvalue weighted by Crippen LogP contribution is 2.20. The zero-order chi connectivity index (χ0) is 18.6. The van der Waals surface area contributed by atoms with Gasteiger partial charge in [0.05, 0.1) is 24.9 Å². The lowest BCUT2D eigenvalue weighted by atomic mass is 10.1. The van der Waals surface area contributed by atoms with Crippen molar-refractivity contribution in [3.8, 4) is 0 Å². The van der Waals surface area contributed by atoms with Crippen LogP contribution in [-0.2, 0) is 16.1 Å². The summed E-state index contributed by atoms with van der Waals surface area (Å²) in [6.45, 7) is 13.8. The molecule has 140 valence electrons. The number of hydrogen-bond acceptors (Lipinski definition) is 4. The van der Waals surface area contributed by atoms with E-state index in [2.05, 4.69) is 32.9 Å². The third-order valence-corrected chi connectivity index (χ3v) is 4.30. The Morgan fingerprint density at radius 3 is 2.72 bits per heavy atom. The standard InChI is InChI=1S/C20H32N2O3/c1-14(2)17-10-9-15(3)18(21-17)13-24-16-8-7-11-22(12-16)19(23)25-20(4,5)6/h9-10,14,16H,7-8,11-13H2,1-6H3/t16-/m0/s1. The largest absolute Gasteiger partial charge is 0.444 e. The summed E-state index contributed by atoms with van der Waals surface area (Å²) in [6.07, 6.45) is 1.67. The fourth-order valence-electron chi connectivity index (χ4n) is 2.82. The maximum atomic E-state index is 12.2. The number of nitrogens with zero attached hydrogens (tertiary/aromatic N) is 2. The van der Waals surface area contributed by atoms with Gasteiger partial charge in [-0.15, -0.1) is 0 Å². The van der Waals surface area contributed by atoms with Crippen molar-refractivity contribution in [3.05, 3.63) is 29.1 Å². The molecule has 5 heteroatoms. The Morgan fingerprint density at radius 2 is 2.08 bits per heavy atom. The van der Waals surface area contributed by atoms with E-state index in [-0.39, 0.29) is 12.2 Å². The molecule has 2 heterocycles. The van der Waals surface area contributed by atoms with Crippen LogP contribution in [-0.4, -0.2) is 40.8 Å². The first-order valence-corrected chi connectivity index (χ1v) is 9.21. The number of carbonyl (C=O) groups is 1. The molecule has 1 aromatic heterocycles. The fraction of sp³-hybridized carbons (Fsp3) is 0.700. The van der Waals surface area contributed by atoms with E-state index in [1.165, 1.54) is 0 Å². The van der Waals surface area contributed by atoms with Crippen molar-refractivity contribution in [2.24, 2.45) is 0 Å². The van der Waals surface area contributed by atoms with Gasteiger partial charge in [0, 0.05) is 12.2 Å². The Hall–Kier alpha value is -1.62. The van der Waals surface area contributed by atoms with Gasteiger partial charge in [-0.25, -0.2) is 4.79 Å². The average molecular weight is 348 g/mol. The van der Waals surface area contributed by atoms with Crippen LogP contribution in [0.1, 0.15) is 70.3 Å². The third-order valence-electron chi connectivity index (χ3n) is 4.30. The first-order valence-electron chi connectivity index (χ1n) is 9.21. The van der Waals surface area contributed by atoms with Crippen LogP contribution in [0.15, 0.2) is 12.1 Å². The van der Waals surface area contributed by atoms with E-state index >= 15 is 0 Å². The molecule has 1 aromatic rings. The minimum atomic E-state index is -0.469. The molecule has 0 radical (unpaired) electrons. The van der Waals surface area contributed by atoms with Crippen LogP contribution in [0.2, 0.25) is 0 Å². The highest BCUT2D eigenvalue weighted by Gasteiger charge is 2.28. The van der Waals surface area contributed by atoms with Gasteiger partial charge in [-0.05, 0) is 58.1 Å². The molecule has 0 saturated carbocycles. The second-order valence-corrected chi connectivity index (χ2v) is 8.16. The lowest BCUT2D eigenvalue weighted by Crippen LogP contribution is -2.45. The van der Waals surface area contributed by atoms with E-state index in [0.717, 1.165) is 36.3 Å². The number of ether oxygens (including phenoxy) is 2. The Balaban J connectivity index is 1.93. The number of hydrogen-bond donors (Lipinski definition) is 0. The van der Waals surface area contributed by atoms with Crippen LogP contribution in [0, 0.1) is 6.92 Å². The first-order chi connectivity index (χ1) is 11.7. The lowest BCUT2D eigenvalue weighted by Gasteiger charge is -2.34. The molecule has 1 saturated heterocycles. The summed E-state index contributed by atoms with van der Waals surface area (Å²) in [4.78, 5) is 18.7. The quantitative estimate of drug-likeness (QED) is 0.808. The van der Waals surface area contributed by atoms with E-state index in [4.69, 9.17) is 14.5 Å². The highest BCUT2D eigenvalue weighted by molar-refractivity contribution is 5.68. The zero-order valence-electron chi connectivity index (χ0n) is 16.5. The summed E-state index contributed by atoms with van der Waals surface area (Å²) >= 11 is 0. The van der Waals surface area contributed by atoms with Gasteiger partial charge in [0.15, 0.2) is 0 Å². The smallest absolute Gasteiger partial charge is 0.410 e. The fourth-order valence-corrected chi connectivity index (χ4v) is 2.82. The van der Waals surface area contributed by atoms with Crippen molar-refractivity contribution >= 4 is 6.09 Å². The van der Waals surface area contributed by atoms with Gasteiger partial charge in [0.2, 0.25) is 0 Å². The zero-order valence-corrected chi connectivity index (χ0v) is 16.5. The number of carbonyl (C=O) groups excluding carboxylic acids is 1. The number of amides is 1. The summed E-state index contributed by atoms with van der Waals surface area (Å²) in [6, 6.07) is 4.18. The Kier molecular flexibility index (Phi) is 6.44. The Bertz CT molecular complexity index is 593. The van der Waals surface area contributed by atoms with E-state index in [1.807, 2.05) is 20.8 Å². The second kappa shape index (κ2) is 8.17. The first kappa shape index (κ1) is 19.7. The Labute approximate surface area is 151 Å². The van der Waals surface area contributed by atoms with Gasteiger partial charge in [-0.2, -0.15) is 0 Å². The van der Waals surface area contributed by atoms with Crippen LogP contribution in [0.25, 0.3) is 0 Å². The monoisotopic (exact) mass is 348 g/mol. The van der Waals surface area contributed by atoms with Gasteiger partial charge >= 0.3 is 6.09 Å². The highest BCUT2D eigenvalue weighted by atomic mass is 16.6. The minimum absolute atomic E-state index is 0.0326. The molecule has 0 N–H and O–H groups in total. The third kappa shape index (κ3) is 5.99. The van der Waals surface area contributed by atoms with Crippen LogP contribution >= 0.6 is 0 Å². The topological polar surface area (TPSA) is 51.7 Å².